The van der Waals surface area contributed by atoms with Crippen LogP contribution in [0.15, 0.2) is 84.6 Å². The molecule has 200 valence electrons. The zero-order chi connectivity index (χ0) is 28.0. The Bertz CT molecular complexity index is 1350. The van der Waals surface area contributed by atoms with Gasteiger partial charge in [0, 0.05) is 36.6 Å². The number of nitrogens with one attached hydrogen (secondary N) is 1. The maximum Gasteiger partial charge on any atom is 0.341 e. The molecule has 0 saturated heterocycles. The Kier molecular flexibility index (Phi) is 10.9. The van der Waals surface area contributed by atoms with Crippen molar-refractivity contribution in [2.24, 2.45) is 5.73 Å². The summed E-state index contributed by atoms with van der Waals surface area (Å²) in [5, 5.41) is 16.3. The number of carboxylic acid groups (broad SMARTS) is 1. The fraction of sp³-hybridized carbons (Fsp3) is 0.219. The Morgan fingerprint density at radius 1 is 0.897 bits per heavy atom. The molecule has 7 heteroatoms. The molecule has 0 saturated carbocycles. The fourth-order valence-corrected chi connectivity index (χ4v) is 3.81. The number of hydrogen-bond donors (Lipinski definition) is 3. The minimum absolute atomic E-state index is 0.0830. The summed E-state index contributed by atoms with van der Waals surface area (Å²) >= 11 is 0. The normalized spacial score (nSPS) is 10.7. The molecule has 3 rings (SSSR count). The van der Waals surface area contributed by atoms with E-state index in [1.54, 1.807) is 29.2 Å². The third-order valence-electron chi connectivity index (χ3n) is 5.98. The lowest BCUT2D eigenvalue weighted by Crippen LogP contribution is -2.32. The maximum absolute atomic E-state index is 13.1. The highest BCUT2D eigenvalue weighted by Gasteiger charge is 2.18. The van der Waals surface area contributed by atoms with E-state index in [2.05, 4.69) is 30.9 Å². The minimum Gasteiger partial charge on any atom is -0.482 e. The molecule has 0 fully saturated rings. The van der Waals surface area contributed by atoms with Gasteiger partial charge in [-0.1, -0.05) is 61.6 Å². The van der Waals surface area contributed by atoms with Gasteiger partial charge in [0.25, 0.3) is 5.91 Å². The van der Waals surface area contributed by atoms with Gasteiger partial charge in [0.05, 0.1) is 5.57 Å². The second-order valence-electron chi connectivity index (χ2n) is 9.00. The van der Waals surface area contributed by atoms with Gasteiger partial charge in [-0.2, -0.15) is 0 Å². The van der Waals surface area contributed by atoms with E-state index in [1.165, 1.54) is 18.4 Å². The zero-order valence-electron chi connectivity index (χ0n) is 22.0. The summed E-state index contributed by atoms with van der Waals surface area (Å²) in [6.07, 6.45) is 5.50. The molecule has 1 amide bonds. The number of carbonyl (C=O) groups is 2. The number of hydrogen-bond acceptors (Lipinski definition) is 5. The topological polar surface area (TPSA) is 117 Å². The summed E-state index contributed by atoms with van der Waals surface area (Å²) in [7, 11) is 0. The first-order chi connectivity index (χ1) is 18.9. The van der Waals surface area contributed by atoms with Crippen LogP contribution in [0.2, 0.25) is 0 Å². The highest BCUT2D eigenvalue weighted by Crippen LogP contribution is 2.17. The number of nitrogens with zero attached hydrogens (tertiary/aromatic N) is 1. The molecule has 3 aromatic rings. The highest BCUT2D eigenvalue weighted by atomic mass is 16.5. The molecule has 39 heavy (non-hydrogen) atoms. The van der Waals surface area contributed by atoms with Crippen molar-refractivity contribution in [2.45, 2.75) is 39.3 Å². The van der Waals surface area contributed by atoms with E-state index in [0.717, 1.165) is 41.1 Å². The SMILES string of the molecule is CCCCc1ccc(C#Cc2ccc(CN(Cc3ccc(OCC(=O)O)cc3)C(=O)/C(C=N)=C/N)cc2)cc1. The monoisotopic (exact) mass is 523 g/mol. The van der Waals surface area contributed by atoms with Crippen LogP contribution in [0.5, 0.6) is 5.75 Å². The van der Waals surface area contributed by atoms with Gasteiger partial charge in [-0.3, -0.25) is 4.79 Å². The lowest BCUT2D eigenvalue weighted by atomic mass is 10.1. The number of aliphatic carboxylic acids is 1. The van der Waals surface area contributed by atoms with Crippen LogP contribution in [0.4, 0.5) is 0 Å². The van der Waals surface area contributed by atoms with Crippen LogP contribution in [0.25, 0.3) is 0 Å². The van der Waals surface area contributed by atoms with Crippen molar-refractivity contribution >= 4 is 18.1 Å². The van der Waals surface area contributed by atoms with E-state index in [0.29, 0.717) is 12.3 Å². The summed E-state index contributed by atoms with van der Waals surface area (Å²) in [6.45, 7) is 2.32. The standard InChI is InChI=1S/C32H33N3O4/c1-2-3-4-24-5-7-25(8-6-24)9-10-26-11-13-27(14-12-26)21-35(32(38)29(19-33)20-34)22-28-15-17-30(18-16-28)39-23-31(36)37/h5-8,11-20,33H,2-4,21-23,34H2,1H3,(H,36,37)/b29-20+,33-19?. The Morgan fingerprint density at radius 2 is 1.41 bits per heavy atom. The largest absolute Gasteiger partial charge is 0.482 e. The first kappa shape index (κ1) is 28.7. The molecule has 0 unspecified atom stereocenters. The average Bonchev–Trinajstić information content (AvgIpc) is 2.96. The lowest BCUT2D eigenvalue weighted by Gasteiger charge is -2.23. The van der Waals surface area contributed by atoms with Crippen LogP contribution in [0.3, 0.4) is 0 Å². The highest BCUT2D eigenvalue weighted by molar-refractivity contribution is 6.11. The molecule has 0 aliphatic carbocycles. The molecule has 3 aromatic carbocycles. The Labute approximate surface area is 229 Å². The predicted molar refractivity (Wildman–Crippen MR) is 152 cm³/mol. The first-order valence-electron chi connectivity index (χ1n) is 12.8. The van der Waals surface area contributed by atoms with E-state index in [4.69, 9.17) is 21.0 Å². The van der Waals surface area contributed by atoms with Crippen LogP contribution in [0.1, 0.15) is 47.6 Å². The summed E-state index contributed by atoms with van der Waals surface area (Å²) in [4.78, 5) is 25.4. The van der Waals surface area contributed by atoms with Crippen LogP contribution < -0.4 is 10.5 Å². The predicted octanol–water partition coefficient (Wildman–Crippen LogP) is 4.91. The van der Waals surface area contributed by atoms with Gasteiger partial charge in [-0.05, 0) is 65.9 Å². The number of ether oxygens (including phenoxy) is 1. The van der Waals surface area contributed by atoms with Gasteiger partial charge in [0.2, 0.25) is 0 Å². The number of benzene rings is 3. The molecule has 7 nitrogen and oxygen atoms in total. The van der Waals surface area contributed by atoms with Gasteiger partial charge in [0.1, 0.15) is 5.75 Å². The quantitative estimate of drug-likeness (QED) is 0.177. The zero-order valence-corrected chi connectivity index (χ0v) is 22.0. The lowest BCUT2D eigenvalue weighted by molar-refractivity contribution is -0.139. The molecule has 0 bridgehead atoms. The van der Waals surface area contributed by atoms with E-state index in [-0.39, 0.29) is 18.0 Å². The number of nitrogens with two attached hydrogens (primary N) is 1. The Morgan fingerprint density at radius 3 is 1.87 bits per heavy atom. The fourth-order valence-electron chi connectivity index (χ4n) is 3.81. The van der Waals surface area contributed by atoms with Crippen LogP contribution in [0, 0.1) is 17.3 Å². The first-order valence-corrected chi connectivity index (χ1v) is 12.8. The third-order valence-corrected chi connectivity index (χ3v) is 5.98. The van der Waals surface area contributed by atoms with Crippen molar-refractivity contribution < 1.29 is 19.4 Å². The van der Waals surface area contributed by atoms with Crippen molar-refractivity contribution in [1.29, 1.82) is 5.41 Å². The molecule has 0 aromatic heterocycles. The van der Waals surface area contributed by atoms with E-state index in [9.17, 15) is 9.59 Å². The van der Waals surface area contributed by atoms with Crippen LogP contribution in [-0.4, -0.2) is 34.7 Å². The third kappa shape index (κ3) is 9.20. The Hall–Kier alpha value is -4.83. The number of rotatable bonds is 12. The van der Waals surface area contributed by atoms with Crippen molar-refractivity contribution in [2.75, 3.05) is 6.61 Å². The second kappa shape index (κ2) is 14.8. The van der Waals surface area contributed by atoms with Crippen LogP contribution >= 0.6 is 0 Å². The molecule has 0 atom stereocenters. The van der Waals surface area contributed by atoms with Crippen LogP contribution in [-0.2, 0) is 29.1 Å². The summed E-state index contributed by atoms with van der Waals surface area (Å²) < 4.78 is 5.18. The van der Waals surface area contributed by atoms with Crippen molar-refractivity contribution in [3.63, 3.8) is 0 Å². The van der Waals surface area contributed by atoms with Gasteiger partial charge in [-0.25, -0.2) is 4.79 Å². The molecule has 0 heterocycles. The molecular weight excluding hydrogens is 490 g/mol. The van der Waals surface area contributed by atoms with Crippen molar-refractivity contribution in [3.8, 4) is 17.6 Å². The van der Waals surface area contributed by atoms with Crippen molar-refractivity contribution in [1.82, 2.24) is 4.90 Å². The van der Waals surface area contributed by atoms with Gasteiger partial charge in [0.15, 0.2) is 6.61 Å². The average molecular weight is 524 g/mol. The van der Waals surface area contributed by atoms with E-state index < -0.39 is 12.6 Å². The number of carboxylic acids is 1. The minimum atomic E-state index is -1.06. The smallest absolute Gasteiger partial charge is 0.341 e. The summed E-state index contributed by atoms with van der Waals surface area (Å²) in [5.41, 5.74) is 10.5. The maximum atomic E-state index is 13.1. The molecule has 4 N–H and O–H groups in total. The molecule has 0 radical (unpaired) electrons. The number of aryl methyl sites for hydroxylation is 1. The summed E-state index contributed by atoms with van der Waals surface area (Å²) in [5.74, 6) is 5.39. The molecule has 0 aliphatic rings. The van der Waals surface area contributed by atoms with E-state index in [1.807, 2.05) is 36.4 Å². The Balaban J connectivity index is 1.71. The number of unbranched alkanes of at least 4 members (excludes halogenated alkanes) is 1. The molecule has 0 spiro atoms. The van der Waals surface area contributed by atoms with E-state index >= 15 is 0 Å². The van der Waals surface area contributed by atoms with Gasteiger partial charge in [-0.15, -0.1) is 0 Å². The molecule has 0 aliphatic heterocycles. The summed E-state index contributed by atoms with van der Waals surface area (Å²) in [6, 6.07) is 22.9. The van der Waals surface area contributed by atoms with Gasteiger partial charge < -0.3 is 25.9 Å². The van der Waals surface area contributed by atoms with Gasteiger partial charge >= 0.3 is 5.97 Å². The number of carbonyl (C=O) groups excluding carboxylic acids is 1. The van der Waals surface area contributed by atoms with Crippen molar-refractivity contribution in [3.05, 3.63) is 112 Å². The number of amides is 1. The molecular formula is C32H33N3O4. The second-order valence-corrected chi connectivity index (χ2v) is 9.00.